The minimum Gasteiger partial charge on any atom is -0.507 e. The minimum absolute atomic E-state index is 0.118. The van der Waals surface area contributed by atoms with E-state index < -0.39 is 11.4 Å². The molecule has 0 aromatic heterocycles. The molecule has 5 heteroatoms. The van der Waals surface area contributed by atoms with E-state index in [1.54, 1.807) is 30.3 Å². The van der Waals surface area contributed by atoms with Crippen molar-refractivity contribution in [2.45, 2.75) is 19.4 Å². The number of methoxy groups -OCH3 is 2. The van der Waals surface area contributed by atoms with E-state index in [2.05, 4.69) is 0 Å². The normalized spacial score (nSPS) is 14.9. The van der Waals surface area contributed by atoms with E-state index in [4.69, 9.17) is 14.2 Å². The molecule has 1 aliphatic rings. The number of carbonyl (C=O) groups is 1. The summed E-state index contributed by atoms with van der Waals surface area (Å²) in [5, 5.41) is 10.3. The number of ketones is 1. The molecule has 0 aliphatic carbocycles. The molecular weight excluding hydrogens is 344 g/mol. The molecule has 5 nitrogen and oxygen atoms in total. The van der Waals surface area contributed by atoms with Crippen LogP contribution in [0.3, 0.4) is 0 Å². The highest BCUT2D eigenvalue weighted by atomic mass is 16.5. The lowest BCUT2D eigenvalue weighted by molar-refractivity contribution is 0.104. The maximum absolute atomic E-state index is 12.9. The summed E-state index contributed by atoms with van der Waals surface area (Å²) < 4.78 is 16.9. The number of aliphatic hydroxyl groups excluding tert-OH is 1. The van der Waals surface area contributed by atoms with Gasteiger partial charge in [0.1, 0.15) is 17.1 Å². The van der Waals surface area contributed by atoms with Crippen LogP contribution in [0.5, 0.6) is 17.2 Å². The molecule has 0 radical (unpaired) electrons. The van der Waals surface area contributed by atoms with Gasteiger partial charge in [-0.1, -0.05) is 30.3 Å². The second-order valence-electron chi connectivity index (χ2n) is 6.70. The van der Waals surface area contributed by atoms with E-state index in [0.29, 0.717) is 28.4 Å². The zero-order valence-electron chi connectivity index (χ0n) is 15.8. The Kier molecular flexibility index (Phi) is 4.95. The van der Waals surface area contributed by atoms with Crippen molar-refractivity contribution in [2.75, 3.05) is 14.2 Å². The summed E-state index contributed by atoms with van der Waals surface area (Å²) in [4.78, 5) is 12.9. The number of ether oxygens (including phenoxy) is 3. The second-order valence-corrected chi connectivity index (χ2v) is 6.70. The molecule has 2 aromatic rings. The maximum atomic E-state index is 12.9. The second kappa shape index (κ2) is 7.19. The zero-order chi connectivity index (χ0) is 19.6. The molecule has 0 atom stereocenters. The van der Waals surface area contributed by atoms with Gasteiger partial charge in [0.25, 0.3) is 0 Å². The first-order valence-electron chi connectivity index (χ1n) is 8.54. The summed E-state index contributed by atoms with van der Waals surface area (Å²) in [6, 6.07) is 10.4. The van der Waals surface area contributed by atoms with Gasteiger partial charge in [-0.15, -0.1) is 0 Å². The molecule has 3 rings (SSSR count). The van der Waals surface area contributed by atoms with Gasteiger partial charge in [-0.2, -0.15) is 0 Å². The Morgan fingerprint density at radius 1 is 1.15 bits per heavy atom. The molecule has 0 saturated carbocycles. The van der Waals surface area contributed by atoms with Gasteiger partial charge in [-0.25, -0.2) is 0 Å². The van der Waals surface area contributed by atoms with Crippen molar-refractivity contribution in [3.05, 3.63) is 65.2 Å². The number of allylic oxidation sites excluding steroid dienone is 1. The van der Waals surface area contributed by atoms with Crippen LogP contribution < -0.4 is 14.2 Å². The molecule has 0 bridgehead atoms. The van der Waals surface area contributed by atoms with Gasteiger partial charge >= 0.3 is 0 Å². The van der Waals surface area contributed by atoms with Crippen LogP contribution in [-0.2, 0) is 0 Å². The Hall–Kier alpha value is -3.21. The van der Waals surface area contributed by atoms with Crippen LogP contribution in [0, 0.1) is 0 Å². The Labute approximate surface area is 158 Å². The largest absolute Gasteiger partial charge is 0.507 e. The van der Waals surface area contributed by atoms with Gasteiger partial charge in [0, 0.05) is 11.6 Å². The standard InChI is InChI=1S/C22H22O5/c1-22(2)11-10-15-20(26-4)16(12-19(25-3)21(15)27-22)18(24)13-17(23)14-8-6-5-7-9-14/h5-13,23H,1-4H3/b17-13-. The van der Waals surface area contributed by atoms with E-state index in [1.165, 1.54) is 20.3 Å². The van der Waals surface area contributed by atoms with Crippen LogP contribution >= 0.6 is 0 Å². The number of hydrogen-bond acceptors (Lipinski definition) is 5. The van der Waals surface area contributed by atoms with Crippen molar-refractivity contribution in [2.24, 2.45) is 0 Å². The molecule has 1 N–H and O–H groups in total. The SMILES string of the molecule is COc1cc(C(=O)/C=C(\O)c2ccccc2)c(OC)c2c1OC(C)(C)C=C2. The Morgan fingerprint density at radius 2 is 1.85 bits per heavy atom. The fourth-order valence-corrected chi connectivity index (χ4v) is 2.93. The van der Waals surface area contributed by atoms with Crippen molar-refractivity contribution >= 4 is 17.6 Å². The molecule has 0 amide bonds. The van der Waals surface area contributed by atoms with Gasteiger partial charge in [-0.3, -0.25) is 4.79 Å². The van der Waals surface area contributed by atoms with Crippen LogP contribution in [0.4, 0.5) is 0 Å². The smallest absolute Gasteiger partial charge is 0.193 e. The van der Waals surface area contributed by atoms with E-state index >= 15 is 0 Å². The predicted molar refractivity (Wildman–Crippen MR) is 105 cm³/mol. The van der Waals surface area contributed by atoms with Gasteiger partial charge in [-0.05, 0) is 32.1 Å². The monoisotopic (exact) mass is 366 g/mol. The van der Waals surface area contributed by atoms with E-state index in [0.717, 1.165) is 0 Å². The average Bonchev–Trinajstić information content (AvgIpc) is 2.66. The highest BCUT2D eigenvalue weighted by Crippen LogP contribution is 2.45. The lowest BCUT2D eigenvalue weighted by Gasteiger charge is -2.30. The van der Waals surface area contributed by atoms with Crippen molar-refractivity contribution in [1.29, 1.82) is 0 Å². The molecule has 1 aliphatic heterocycles. The number of benzene rings is 2. The summed E-state index contributed by atoms with van der Waals surface area (Å²) in [5.41, 5.74) is 0.970. The predicted octanol–water partition coefficient (Wildman–Crippen LogP) is 4.67. The zero-order valence-corrected chi connectivity index (χ0v) is 15.8. The fraction of sp³-hybridized carbons (Fsp3) is 0.227. The van der Waals surface area contributed by atoms with Crippen LogP contribution in [0.15, 0.2) is 48.6 Å². The van der Waals surface area contributed by atoms with Gasteiger partial charge in [0.05, 0.1) is 25.3 Å². The van der Waals surface area contributed by atoms with Gasteiger partial charge < -0.3 is 19.3 Å². The first-order valence-corrected chi connectivity index (χ1v) is 8.54. The Balaban J connectivity index is 2.10. The summed E-state index contributed by atoms with van der Waals surface area (Å²) in [5.74, 6) is 0.813. The molecule has 140 valence electrons. The summed E-state index contributed by atoms with van der Waals surface area (Å²) >= 11 is 0. The minimum atomic E-state index is -0.498. The van der Waals surface area contributed by atoms with Crippen LogP contribution in [0.2, 0.25) is 0 Å². The molecule has 27 heavy (non-hydrogen) atoms. The lowest BCUT2D eigenvalue weighted by atomic mass is 9.97. The van der Waals surface area contributed by atoms with E-state index in [1.807, 2.05) is 32.1 Å². The fourth-order valence-electron chi connectivity index (χ4n) is 2.93. The molecule has 1 heterocycles. The molecule has 0 fully saturated rings. The quantitative estimate of drug-likeness (QED) is 0.473. The third kappa shape index (κ3) is 3.67. The lowest BCUT2D eigenvalue weighted by Crippen LogP contribution is -2.28. The number of hydrogen-bond donors (Lipinski definition) is 1. The number of rotatable bonds is 5. The number of carbonyl (C=O) groups excluding carboxylic acids is 1. The van der Waals surface area contributed by atoms with Gasteiger partial charge in [0.15, 0.2) is 17.3 Å². The van der Waals surface area contributed by atoms with Crippen molar-refractivity contribution in [3.8, 4) is 17.2 Å². The highest BCUT2D eigenvalue weighted by Gasteiger charge is 2.30. The Bertz CT molecular complexity index is 923. The number of aliphatic hydroxyl groups is 1. The maximum Gasteiger partial charge on any atom is 0.193 e. The van der Waals surface area contributed by atoms with Crippen molar-refractivity contribution in [1.82, 2.24) is 0 Å². The van der Waals surface area contributed by atoms with E-state index in [9.17, 15) is 9.90 Å². The van der Waals surface area contributed by atoms with Crippen LogP contribution in [0.1, 0.15) is 35.3 Å². The summed E-state index contributed by atoms with van der Waals surface area (Å²) in [6.07, 6.45) is 4.93. The Morgan fingerprint density at radius 3 is 2.48 bits per heavy atom. The summed E-state index contributed by atoms with van der Waals surface area (Å²) in [6.45, 7) is 3.86. The first-order chi connectivity index (χ1) is 12.9. The average molecular weight is 366 g/mol. The molecule has 0 unspecified atom stereocenters. The molecule has 2 aromatic carbocycles. The summed E-state index contributed by atoms with van der Waals surface area (Å²) in [7, 11) is 3.01. The van der Waals surface area contributed by atoms with Crippen LogP contribution in [0.25, 0.3) is 11.8 Å². The molecule has 0 spiro atoms. The third-order valence-electron chi connectivity index (χ3n) is 4.28. The molecule has 0 saturated heterocycles. The molecular formula is C22H22O5. The highest BCUT2D eigenvalue weighted by molar-refractivity contribution is 6.10. The number of fused-ring (bicyclic) bond motifs is 1. The van der Waals surface area contributed by atoms with Crippen molar-refractivity contribution in [3.63, 3.8) is 0 Å². The third-order valence-corrected chi connectivity index (χ3v) is 4.28. The first kappa shape index (κ1) is 18.6. The van der Waals surface area contributed by atoms with E-state index in [-0.39, 0.29) is 11.3 Å². The topological polar surface area (TPSA) is 65.0 Å². The van der Waals surface area contributed by atoms with Gasteiger partial charge in [0.2, 0.25) is 0 Å². The van der Waals surface area contributed by atoms with Crippen molar-refractivity contribution < 1.29 is 24.1 Å². The van der Waals surface area contributed by atoms with Crippen LogP contribution in [-0.4, -0.2) is 30.7 Å².